The summed E-state index contributed by atoms with van der Waals surface area (Å²) >= 11 is 4.00. The molecule has 0 atom stereocenters. The van der Waals surface area contributed by atoms with E-state index < -0.39 is 0 Å². The Hall–Kier alpha value is -1.40. The molecule has 0 fully saturated rings. The predicted octanol–water partition coefficient (Wildman–Crippen LogP) is 1.25. The molecule has 0 saturated carbocycles. The Kier molecular flexibility index (Phi) is 4.26. The van der Waals surface area contributed by atoms with Crippen LogP contribution in [0.3, 0.4) is 0 Å². The van der Waals surface area contributed by atoms with E-state index in [4.69, 9.17) is 5.84 Å². The van der Waals surface area contributed by atoms with Crippen LogP contribution in [0.25, 0.3) is 0 Å². The van der Waals surface area contributed by atoms with Crippen molar-refractivity contribution in [3.05, 3.63) is 35.6 Å². The highest BCUT2D eigenvalue weighted by Crippen LogP contribution is 2.06. The Morgan fingerprint density at radius 1 is 1.47 bits per heavy atom. The molecule has 15 heavy (non-hydrogen) atoms. The molecular formula is C9H11FN4S. The van der Waals surface area contributed by atoms with Crippen LogP contribution >= 0.6 is 12.6 Å². The maximum Gasteiger partial charge on any atom is 0.173 e. The number of hydrazine groups is 1. The molecule has 0 aromatic heterocycles. The third-order valence-corrected chi connectivity index (χ3v) is 2.00. The van der Waals surface area contributed by atoms with Crippen molar-refractivity contribution in [1.82, 2.24) is 5.01 Å². The molecule has 2 N–H and O–H groups in total. The molecule has 4 nitrogen and oxygen atoms in total. The Labute approximate surface area is 92.7 Å². The SMILES string of the molecule is C=N/N=C(/c1ccc(F)cc1)N(N)CS. The van der Waals surface area contributed by atoms with Crippen LogP contribution in [0.4, 0.5) is 4.39 Å². The van der Waals surface area contributed by atoms with Crippen LogP contribution in [0.5, 0.6) is 0 Å². The zero-order valence-electron chi connectivity index (χ0n) is 7.97. The van der Waals surface area contributed by atoms with Gasteiger partial charge in [-0.05, 0) is 24.3 Å². The second-order valence-electron chi connectivity index (χ2n) is 2.68. The lowest BCUT2D eigenvalue weighted by molar-refractivity contribution is 0.519. The monoisotopic (exact) mass is 226 g/mol. The summed E-state index contributed by atoms with van der Waals surface area (Å²) < 4.78 is 12.7. The third kappa shape index (κ3) is 3.03. The number of nitrogens with zero attached hydrogens (tertiary/aromatic N) is 3. The van der Waals surface area contributed by atoms with Gasteiger partial charge in [-0.1, -0.05) is 0 Å². The number of hydrogen-bond donors (Lipinski definition) is 2. The molecule has 0 aliphatic carbocycles. The van der Waals surface area contributed by atoms with Crippen molar-refractivity contribution in [2.75, 3.05) is 5.88 Å². The van der Waals surface area contributed by atoms with Crippen molar-refractivity contribution in [2.45, 2.75) is 0 Å². The predicted molar refractivity (Wildman–Crippen MR) is 62.4 cm³/mol. The molecule has 1 aromatic carbocycles. The first-order valence-corrected chi connectivity index (χ1v) is 4.75. The highest BCUT2D eigenvalue weighted by atomic mass is 32.1. The molecule has 6 heteroatoms. The number of hydrogen-bond acceptors (Lipinski definition) is 4. The largest absolute Gasteiger partial charge is 0.283 e. The lowest BCUT2D eigenvalue weighted by Gasteiger charge is -2.16. The van der Waals surface area contributed by atoms with Crippen molar-refractivity contribution >= 4 is 25.2 Å². The van der Waals surface area contributed by atoms with Gasteiger partial charge in [-0.25, -0.2) is 10.2 Å². The zero-order valence-corrected chi connectivity index (χ0v) is 8.86. The molecule has 0 unspecified atom stereocenters. The van der Waals surface area contributed by atoms with Crippen LogP contribution in [-0.2, 0) is 0 Å². The highest BCUT2D eigenvalue weighted by Gasteiger charge is 2.08. The molecule has 80 valence electrons. The Morgan fingerprint density at radius 2 is 2.07 bits per heavy atom. The van der Waals surface area contributed by atoms with Gasteiger partial charge in [0.15, 0.2) is 5.84 Å². The average molecular weight is 226 g/mol. The van der Waals surface area contributed by atoms with Crippen LogP contribution in [0.15, 0.2) is 34.5 Å². The van der Waals surface area contributed by atoms with E-state index in [0.29, 0.717) is 11.4 Å². The minimum atomic E-state index is -0.320. The van der Waals surface area contributed by atoms with E-state index in [2.05, 4.69) is 29.5 Å². The maximum atomic E-state index is 12.7. The fraction of sp³-hybridized carbons (Fsp3) is 0.111. The molecule has 1 rings (SSSR count). The summed E-state index contributed by atoms with van der Waals surface area (Å²) in [5, 5.41) is 8.43. The van der Waals surface area contributed by atoms with Crippen LogP contribution < -0.4 is 5.84 Å². The van der Waals surface area contributed by atoms with Gasteiger partial charge in [-0.2, -0.15) is 17.7 Å². The first-order valence-electron chi connectivity index (χ1n) is 4.11. The van der Waals surface area contributed by atoms with Gasteiger partial charge in [0.05, 0.1) is 5.88 Å². The molecular weight excluding hydrogens is 215 g/mol. The van der Waals surface area contributed by atoms with Gasteiger partial charge in [0, 0.05) is 12.3 Å². The number of benzene rings is 1. The van der Waals surface area contributed by atoms with Gasteiger partial charge in [-0.3, -0.25) is 5.01 Å². The Morgan fingerprint density at radius 3 is 2.53 bits per heavy atom. The van der Waals surface area contributed by atoms with Crippen molar-refractivity contribution < 1.29 is 4.39 Å². The highest BCUT2D eigenvalue weighted by molar-refractivity contribution is 7.80. The van der Waals surface area contributed by atoms with Gasteiger partial charge in [0.25, 0.3) is 0 Å². The molecule has 0 bridgehead atoms. The molecule has 0 aliphatic heterocycles. The number of thiol groups is 1. The van der Waals surface area contributed by atoms with Gasteiger partial charge >= 0.3 is 0 Å². The van der Waals surface area contributed by atoms with Crippen LogP contribution in [0.2, 0.25) is 0 Å². The van der Waals surface area contributed by atoms with Gasteiger partial charge in [-0.15, -0.1) is 5.10 Å². The molecule has 1 aromatic rings. The number of rotatable bonds is 3. The Bertz CT molecular complexity index is 363. The van der Waals surface area contributed by atoms with Crippen LogP contribution in [0, 0.1) is 5.82 Å². The fourth-order valence-electron chi connectivity index (χ4n) is 1.01. The lowest BCUT2D eigenvalue weighted by Crippen LogP contribution is -2.36. The second kappa shape index (κ2) is 5.47. The minimum absolute atomic E-state index is 0.270. The van der Waals surface area contributed by atoms with Gasteiger partial charge < -0.3 is 0 Å². The topological polar surface area (TPSA) is 54.0 Å². The minimum Gasteiger partial charge on any atom is -0.283 e. The molecule has 0 saturated heterocycles. The molecule has 0 aliphatic rings. The molecule has 0 amide bonds. The third-order valence-electron chi connectivity index (χ3n) is 1.69. The van der Waals surface area contributed by atoms with Crippen LogP contribution in [0.1, 0.15) is 5.56 Å². The van der Waals surface area contributed by atoms with E-state index in [1.54, 1.807) is 12.1 Å². The standard InChI is InChI=1S/C9H11FN4S/c1-12-13-9(14(11)6-15)7-2-4-8(10)5-3-7/h2-5,15H,1,6,11H2/b13-9-. The van der Waals surface area contributed by atoms with Crippen molar-refractivity contribution in [1.29, 1.82) is 0 Å². The maximum absolute atomic E-state index is 12.7. The summed E-state index contributed by atoms with van der Waals surface area (Å²) in [7, 11) is 0. The average Bonchev–Trinajstić information content (AvgIpc) is 2.26. The lowest BCUT2D eigenvalue weighted by atomic mass is 10.2. The molecule has 0 radical (unpaired) electrons. The van der Waals surface area contributed by atoms with Crippen molar-refractivity contribution in [3.63, 3.8) is 0 Å². The van der Waals surface area contributed by atoms with E-state index in [0.717, 1.165) is 0 Å². The number of nitrogens with two attached hydrogens (primary N) is 1. The number of amidine groups is 1. The normalized spacial score (nSPS) is 11.3. The summed E-state index contributed by atoms with van der Waals surface area (Å²) in [6.45, 7) is 3.24. The van der Waals surface area contributed by atoms with Crippen LogP contribution in [-0.4, -0.2) is 23.4 Å². The second-order valence-corrected chi connectivity index (χ2v) is 2.97. The summed E-state index contributed by atoms with van der Waals surface area (Å²) in [6, 6.07) is 5.76. The summed E-state index contributed by atoms with van der Waals surface area (Å²) in [5.41, 5.74) is 0.653. The van der Waals surface area contributed by atoms with Gasteiger partial charge in [0.1, 0.15) is 5.82 Å². The van der Waals surface area contributed by atoms with E-state index >= 15 is 0 Å². The summed E-state index contributed by atoms with van der Waals surface area (Å²) in [6.07, 6.45) is 0. The molecule has 0 heterocycles. The fourth-order valence-corrected chi connectivity index (χ4v) is 1.15. The van der Waals surface area contributed by atoms with E-state index in [9.17, 15) is 4.39 Å². The van der Waals surface area contributed by atoms with E-state index in [1.807, 2.05) is 0 Å². The summed E-state index contributed by atoms with van der Waals surface area (Å²) in [4.78, 5) is 0. The quantitative estimate of drug-likeness (QED) is 0.203. The first-order chi connectivity index (χ1) is 7.19. The molecule has 0 spiro atoms. The van der Waals surface area contributed by atoms with Gasteiger partial charge in [0.2, 0.25) is 0 Å². The van der Waals surface area contributed by atoms with E-state index in [-0.39, 0.29) is 11.7 Å². The number of halogens is 1. The Balaban J connectivity index is 3.05. The zero-order chi connectivity index (χ0) is 11.3. The smallest absolute Gasteiger partial charge is 0.173 e. The first kappa shape index (κ1) is 11.7. The summed E-state index contributed by atoms with van der Waals surface area (Å²) in [5.74, 6) is 5.96. The van der Waals surface area contributed by atoms with Crippen molar-refractivity contribution in [3.8, 4) is 0 Å². The van der Waals surface area contributed by atoms with Crippen molar-refractivity contribution in [2.24, 2.45) is 16.0 Å². The van der Waals surface area contributed by atoms with E-state index in [1.165, 1.54) is 17.1 Å².